The predicted molar refractivity (Wildman–Crippen MR) is 104 cm³/mol. The third-order valence-corrected chi connectivity index (χ3v) is 5.31. The van der Waals surface area contributed by atoms with Crippen LogP contribution in [0.1, 0.15) is 24.3 Å². The minimum atomic E-state index is -0.654. The number of carbonyl (C=O) groups is 1. The Morgan fingerprint density at radius 1 is 1.14 bits per heavy atom. The van der Waals surface area contributed by atoms with Crippen LogP contribution in [0.25, 0.3) is 11.3 Å². The van der Waals surface area contributed by atoms with Gasteiger partial charge in [0.05, 0.1) is 17.7 Å². The molecule has 3 aromatic rings. The topological polar surface area (TPSA) is 77.3 Å². The molecule has 1 aliphatic rings. The second-order valence-corrected chi connectivity index (χ2v) is 7.23. The van der Waals surface area contributed by atoms with E-state index in [-0.39, 0.29) is 11.7 Å². The summed E-state index contributed by atoms with van der Waals surface area (Å²) in [4.78, 5) is 17.4. The van der Waals surface area contributed by atoms with Crippen molar-refractivity contribution in [3.8, 4) is 11.3 Å². The van der Waals surface area contributed by atoms with Gasteiger partial charge in [-0.05, 0) is 37.1 Å². The quantitative estimate of drug-likeness (QED) is 0.691. The third kappa shape index (κ3) is 4.35. The maximum absolute atomic E-state index is 14.0. The van der Waals surface area contributed by atoms with Crippen LogP contribution in [0.3, 0.4) is 0 Å². The first-order valence-electron chi connectivity index (χ1n) is 9.63. The van der Waals surface area contributed by atoms with Gasteiger partial charge in [-0.2, -0.15) is 0 Å². The van der Waals surface area contributed by atoms with Crippen molar-refractivity contribution in [1.82, 2.24) is 15.5 Å². The average Bonchev–Trinajstić information content (AvgIpc) is 3.21. The van der Waals surface area contributed by atoms with E-state index in [1.165, 1.54) is 6.07 Å². The normalized spacial score (nSPS) is 15.8. The minimum Gasteiger partial charge on any atom is -0.381 e. The molecular weight excluding hydrogens is 373 g/mol. The molecule has 0 atom stereocenters. The second-order valence-electron chi connectivity index (χ2n) is 7.23. The van der Waals surface area contributed by atoms with Crippen LogP contribution in [-0.2, 0) is 22.5 Å². The van der Waals surface area contributed by atoms with Gasteiger partial charge in [-0.3, -0.25) is 9.78 Å². The Morgan fingerprint density at radius 3 is 2.69 bits per heavy atom. The summed E-state index contributed by atoms with van der Waals surface area (Å²) >= 11 is 0. The third-order valence-electron chi connectivity index (χ3n) is 5.31. The Labute approximate surface area is 168 Å². The molecule has 0 spiro atoms. The van der Waals surface area contributed by atoms with Gasteiger partial charge in [0.25, 0.3) is 0 Å². The number of rotatable bonds is 6. The van der Waals surface area contributed by atoms with E-state index in [1.807, 2.05) is 18.2 Å². The fraction of sp³-hybridized carbons (Fsp3) is 0.318. The highest BCUT2D eigenvalue weighted by molar-refractivity contribution is 5.83. The van der Waals surface area contributed by atoms with E-state index in [0.717, 1.165) is 5.69 Å². The van der Waals surface area contributed by atoms with Crippen molar-refractivity contribution < 1.29 is 18.4 Å². The van der Waals surface area contributed by atoms with Crippen LogP contribution in [0.2, 0.25) is 0 Å². The zero-order valence-corrected chi connectivity index (χ0v) is 15.9. The Hall–Kier alpha value is -3.06. The molecular formula is C22H22FN3O3. The highest BCUT2D eigenvalue weighted by Gasteiger charge is 2.41. The van der Waals surface area contributed by atoms with E-state index < -0.39 is 5.41 Å². The van der Waals surface area contributed by atoms with Gasteiger partial charge < -0.3 is 14.6 Å². The molecule has 1 fully saturated rings. The van der Waals surface area contributed by atoms with Crippen molar-refractivity contribution >= 4 is 5.91 Å². The summed E-state index contributed by atoms with van der Waals surface area (Å²) in [6, 6.07) is 13.7. The predicted octanol–water partition coefficient (Wildman–Crippen LogP) is 3.53. The molecule has 2 aromatic heterocycles. The number of hydrogen-bond donors (Lipinski definition) is 1. The van der Waals surface area contributed by atoms with Crippen molar-refractivity contribution in [3.05, 3.63) is 72.0 Å². The number of hydrogen-bond acceptors (Lipinski definition) is 5. The monoisotopic (exact) mass is 395 g/mol. The summed E-state index contributed by atoms with van der Waals surface area (Å²) in [5.74, 6) is 0.134. The molecule has 0 radical (unpaired) electrons. The summed E-state index contributed by atoms with van der Waals surface area (Å²) in [5.41, 5.74) is 0.945. The van der Waals surface area contributed by atoms with E-state index in [4.69, 9.17) is 9.26 Å². The van der Waals surface area contributed by atoms with E-state index >= 15 is 0 Å². The van der Waals surface area contributed by atoms with Gasteiger partial charge in [0.1, 0.15) is 17.3 Å². The van der Waals surface area contributed by atoms with Gasteiger partial charge in [0.15, 0.2) is 0 Å². The molecule has 1 N–H and O–H groups in total. The van der Waals surface area contributed by atoms with E-state index in [0.29, 0.717) is 56.0 Å². The molecule has 1 aromatic carbocycles. The molecule has 0 unspecified atom stereocenters. The summed E-state index contributed by atoms with van der Waals surface area (Å²) in [6.45, 7) is 1.37. The molecule has 29 heavy (non-hydrogen) atoms. The molecule has 4 rings (SSSR count). The van der Waals surface area contributed by atoms with Gasteiger partial charge in [-0.1, -0.05) is 23.4 Å². The van der Waals surface area contributed by atoms with Gasteiger partial charge in [-0.25, -0.2) is 4.39 Å². The molecule has 6 nitrogen and oxygen atoms in total. The smallest absolute Gasteiger partial charge is 0.227 e. The Balaban J connectivity index is 1.51. The Bertz CT molecular complexity index is 968. The standard InChI is InChI=1S/C22H22FN3O3/c23-19-7-2-1-6-18(19)20-13-17(29-26-20)14-22(8-11-28-12-9-22)21(27)25-15-16-5-3-4-10-24-16/h1-7,10,13H,8-9,11-12,14-15H2,(H,25,27). The molecule has 150 valence electrons. The number of halogens is 1. The van der Waals surface area contributed by atoms with Crippen LogP contribution in [0.5, 0.6) is 0 Å². The van der Waals surface area contributed by atoms with Crippen molar-refractivity contribution in [3.63, 3.8) is 0 Å². The van der Waals surface area contributed by atoms with E-state index in [9.17, 15) is 9.18 Å². The lowest BCUT2D eigenvalue weighted by Gasteiger charge is -2.35. The first kappa shape index (κ1) is 19.3. The first-order valence-corrected chi connectivity index (χ1v) is 9.63. The van der Waals surface area contributed by atoms with Gasteiger partial charge in [-0.15, -0.1) is 0 Å². The summed E-state index contributed by atoms with van der Waals surface area (Å²) in [5, 5.41) is 7.01. The molecule has 3 heterocycles. The molecule has 0 aliphatic carbocycles. The summed E-state index contributed by atoms with van der Waals surface area (Å²) < 4.78 is 25.0. The average molecular weight is 395 g/mol. The highest BCUT2D eigenvalue weighted by atomic mass is 19.1. The van der Waals surface area contributed by atoms with E-state index in [1.54, 1.807) is 30.5 Å². The lowest BCUT2D eigenvalue weighted by atomic mass is 9.75. The molecule has 0 bridgehead atoms. The Morgan fingerprint density at radius 2 is 1.93 bits per heavy atom. The maximum Gasteiger partial charge on any atom is 0.227 e. The van der Waals surface area contributed by atoms with Crippen LogP contribution >= 0.6 is 0 Å². The fourth-order valence-electron chi connectivity index (χ4n) is 3.63. The number of aromatic nitrogens is 2. The zero-order chi connectivity index (χ0) is 20.1. The number of benzene rings is 1. The lowest BCUT2D eigenvalue weighted by Crippen LogP contribution is -2.45. The molecule has 1 saturated heterocycles. The number of ether oxygens (including phenoxy) is 1. The zero-order valence-electron chi connectivity index (χ0n) is 15.9. The molecule has 0 saturated carbocycles. The molecule has 1 amide bonds. The number of nitrogens with zero attached hydrogens (tertiary/aromatic N) is 2. The molecule has 1 aliphatic heterocycles. The van der Waals surface area contributed by atoms with Crippen LogP contribution in [0.15, 0.2) is 59.3 Å². The SMILES string of the molecule is O=C(NCc1ccccn1)C1(Cc2cc(-c3ccccc3F)no2)CCOCC1. The number of carbonyl (C=O) groups excluding carboxylic acids is 1. The lowest BCUT2D eigenvalue weighted by molar-refractivity contribution is -0.137. The number of pyridine rings is 1. The molecule has 7 heteroatoms. The van der Waals surface area contributed by atoms with Crippen molar-refractivity contribution in [2.45, 2.75) is 25.8 Å². The van der Waals surface area contributed by atoms with Gasteiger partial charge >= 0.3 is 0 Å². The van der Waals surface area contributed by atoms with Gasteiger partial charge in [0, 0.05) is 37.5 Å². The van der Waals surface area contributed by atoms with Crippen LogP contribution in [0.4, 0.5) is 4.39 Å². The number of nitrogens with one attached hydrogen (secondary N) is 1. The van der Waals surface area contributed by atoms with Crippen LogP contribution in [0, 0.1) is 11.2 Å². The minimum absolute atomic E-state index is 0.0599. The fourth-order valence-corrected chi connectivity index (χ4v) is 3.63. The number of amides is 1. The van der Waals surface area contributed by atoms with Crippen LogP contribution < -0.4 is 5.32 Å². The summed E-state index contributed by atoms with van der Waals surface area (Å²) in [7, 11) is 0. The van der Waals surface area contributed by atoms with E-state index in [2.05, 4.69) is 15.5 Å². The van der Waals surface area contributed by atoms with Crippen molar-refractivity contribution in [1.29, 1.82) is 0 Å². The first-order chi connectivity index (χ1) is 14.2. The van der Waals surface area contributed by atoms with Crippen LogP contribution in [-0.4, -0.2) is 29.3 Å². The Kier molecular flexibility index (Phi) is 5.67. The second kappa shape index (κ2) is 8.53. The summed E-state index contributed by atoms with van der Waals surface area (Å²) in [6.07, 6.45) is 3.24. The highest BCUT2D eigenvalue weighted by Crippen LogP contribution is 2.36. The largest absolute Gasteiger partial charge is 0.381 e. The van der Waals surface area contributed by atoms with Crippen molar-refractivity contribution in [2.75, 3.05) is 13.2 Å². The van der Waals surface area contributed by atoms with Gasteiger partial charge in [0.2, 0.25) is 5.91 Å². The maximum atomic E-state index is 14.0. The van der Waals surface area contributed by atoms with Crippen molar-refractivity contribution in [2.24, 2.45) is 5.41 Å².